The van der Waals surface area contributed by atoms with Crippen molar-refractivity contribution >= 4 is 22.5 Å². The number of rotatable bonds is 3. The van der Waals surface area contributed by atoms with E-state index >= 15 is 0 Å². The van der Waals surface area contributed by atoms with Crippen LogP contribution in [0.3, 0.4) is 0 Å². The topological polar surface area (TPSA) is 72.1 Å². The van der Waals surface area contributed by atoms with Crippen LogP contribution in [0.25, 0.3) is 22.0 Å². The Balaban J connectivity index is 1.95. The number of amides is 1. The predicted molar refractivity (Wildman–Crippen MR) is 94.3 cm³/mol. The molecule has 0 atom stereocenters. The molecule has 132 valence electrons. The van der Waals surface area contributed by atoms with E-state index in [1.807, 2.05) is 6.92 Å². The van der Waals surface area contributed by atoms with Gasteiger partial charge in [-0.2, -0.15) is 13.8 Å². The number of aromatic nitrogens is 2. The summed E-state index contributed by atoms with van der Waals surface area (Å²) in [6.07, 6.45) is 0.830. The van der Waals surface area contributed by atoms with E-state index in [0.717, 1.165) is 12.5 Å². The Labute approximate surface area is 148 Å². The fourth-order valence-corrected chi connectivity index (χ4v) is 3.41. The molecule has 0 fully saturated rings. The van der Waals surface area contributed by atoms with Gasteiger partial charge in [0.15, 0.2) is 0 Å². The van der Waals surface area contributed by atoms with Crippen LogP contribution in [0.1, 0.15) is 29.4 Å². The van der Waals surface area contributed by atoms with Crippen LogP contribution in [0.15, 0.2) is 30.3 Å². The van der Waals surface area contributed by atoms with Crippen LogP contribution in [0, 0.1) is 11.9 Å². The summed E-state index contributed by atoms with van der Waals surface area (Å²) in [7, 11) is 0. The van der Waals surface area contributed by atoms with Crippen molar-refractivity contribution < 1.29 is 13.6 Å². The number of fused-ring (bicyclic) bond motifs is 2. The van der Waals surface area contributed by atoms with Gasteiger partial charge in [0.25, 0.3) is 5.91 Å². The number of carbonyl (C=O) groups is 1. The largest absolute Gasteiger partial charge is 0.397 e. The molecule has 2 N–H and O–H groups in total. The number of pyridine rings is 2. The van der Waals surface area contributed by atoms with Crippen molar-refractivity contribution in [3.05, 3.63) is 53.5 Å². The molecule has 0 radical (unpaired) electrons. The minimum absolute atomic E-state index is 0.131. The molecule has 0 aliphatic carbocycles. The van der Waals surface area contributed by atoms with E-state index < -0.39 is 11.9 Å². The molecule has 0 bridgehead atoms. The smallest absolute Gasteiger partial charge is 0.258 e. The molecule has 26 heavy (non-hydrogen) atoms. The lowest BCUT2D eigenvalue weighted by molar-refractivity contribution is 0.0779. The summed E-state index contributed by atoms with van der Waals surface area (Å²) >= 11 is 0. The summed E-state index contributed by atoms with van der Waals surface area (Å²) in [6, 6.07) is 7.55. The van der Waals surface area contributed by atoms with Crippen molar-refractivity contribution in [2.24, 2.45) is 0 Å². The van der Waals surface area contributed by atoms with Gasteiger partial charge in [-0.1, -0.05) is 25.1 Å². The van der Waals surface area contributed by atoms with E-state index in [4.69, 9.17) is 5.73 Å². The number of anilines is 1. The Morgan fingerprint density at radius 2 is 1.96 bits per heavy atom. The minimum atomic E-state index is -0.915. The third-order valence-electron chi connectivity index (χ3n) is 4.57. The molecule has 1 aliphatic rings. The average Bonchev–Trinajstić information content (AvgIpc) is 2.91. The van der Waals surface area contributed by atoms with Crippen LogP contribution in [-0.2, 0) is 6.54 Å². The fraction of sp³-hybridized carbons (Fsp3) is 0.211. The first-order valence-corrected chi connectivity index (χ1v) is 8.34. The Hall–Kier alpha value is -3.09. The molecule has 7 heteroatoms. The number of nitrogens with zero attached hydrogens (tertiary/aromatic N) is 3. The number of carbonyl (C=O) groups excluding carboxylic acids is 1. The first-order chi connectivity index (χ1) is 12.5. The van der Waals surface area contributed by atoms with E-state index in [9.17, 15) is 13.6 Å². The maximum atomic E-state index is 14.2. The summed E-state index contributed by atoms with van der Waals surface area (Å²) < 4.78 is 27.3. The molecule has 3 aromatic rings. The number of halogens is 2. The van der Waals surface area contributed by atoms with Gasteiger partial charge in [-0.05, 0) is 18.6 Å². The fourth-order valence-electron chi connectivity index (χ4n) is 3.41. The molecule has 0 unspecified atom stereocenters. The zero-order valence-corrected chi connectivity index (χ0v) is 14.1. The lowest BCUT2D eigenvalue weighted by Gasteiger charge is -2.13. The lowest BCUT2D eigenvalue weighted by atomic mass is 10.00. The summed E-state index contributed by atoms with van der Waals surface area (Å²) in [5.41, 5.74) is 8.68. The molecule has 4 rings (SSSR count). The van der Waals surface area contributed by atoms with Crippen molar-refractivity contribution in [1.82, 2.24) is 14.9 Å². The number of hydrogen-bond acceptors (Lipinski definition) is 4. The number of nitrogens with two attached hydrogens (primary N) is 1. The summed E-state index contributed by atoms with van der Waals surface area (Å²) in [5.74, 6) is -1.93. The number of benzene rings is 1. The number of hydrogen-bond donors (Lipinski definition) is 1. The van der Waals surface area contributed by atoms with Crippen LogP contribution in [0.4, 0.5) is 14.5 Å². The highest BCUT2D eigenvalue weighted by Crippen LogP contribution is 2.36. The SMILES string of the molecule is CCCN1Cc2nc3c(-c4ccc(F)nc4F)cccc3c(N)c2C1=O. The monoisotopic (exact) mass is 354 g/mol. The van der Waals surface area contributed by atoms with E-state index in [0.29, 0.717) is 46.5 Å². The summed E-state index contributed by atoms with van der Waals surface area (Å²) in [4.78, 5) is 22.1. The third kappa shape index (κ3) is 2.39. The first-order valence-electron chi connectivity index (χ1n) is 8.34. The maximum absolute atomic E-state index is 14.2. The molecular weight excluding hydrogens is 338 g/mol. The second kappa shape index (κ2) is 6.01. The van der Waals surface area contributed by atoms with Crippen molar-refractivity contribution in [2.75, 3.05) is 12.3 Å². The third-order valence-corrected chi connectivity index (χ3v) is 4.57. The Morgan fingerprint density at radius 3 is 2.69 bits per heavy atom. The molecule has 1 aromatic carbocycles. The van der Waals surface area contributed by atoms with Gasteiger partial charge in [-0.25, -0.2) is 4.98 Å². The van der Waals surface area contributed by atoms with Crippen molar-refractivity contribution in [2.45, 2.75) is 19.9 Å². The highest BCUT2D eigenvalue weighted by molar-refractivity contribution is 6.11. The maximum Gasteiger partial charge on any atom is 0.258 e. The van der Waals surface area contributed by atoms with E-state index in [1.165, 1.54) is 6.07 Å². The van der Waals surface area contributed by atoms with Gasteiger partial charge in [0.05, 0.1) is 29.0 Å². The standard InChI is InChI=1S/C19H16F2N4O/c1-2-8-25-9-13-15(19(25)26)16(22)12-5-3-4-10(17(12)23-13)11-6-7-14(20)24-18(11)21/h3-7H,2,8-9H2,1H3,(H2,22,23). The molecule has 5 nitrogen and oxygen atoms in total. The zero-order valence-electron chi connectivity index (χ0n) is 14.1. The molecule has 3 heterocycles. The van der Waals surface area contributed by atoms with Gasteiger partial charge < -0.3 is 10.6 Å². The van der Waals surface area contributed by atoms with Gasteiger partial charge in [0.2, 0.25) is 11.9 Å². The number of para-hydroxylation sites is 1. The second-order valence-electron chi connectivity index (χ2n) is 6.25. The molecule has 0 saturated carbocycles. The van der Waals surface area contributed by atoms with Crippen LogP contribution in [-0.4, -0.2) is 27.3 Å². The quantitative estimate of drug-likeness (QED) is 0.731. The van der Waals surface area contributed by atoms with Crippen molar-refractivity contribution in [3.63, 3.8) is 0 Å². The molecule has 2 aromatic heterocycles. The first kappa shape index (κ1) is 16.4. The Morgan fingerprint density at radius 1 is 1.15 bits per heavy atom. The zero-order chi connectivity index (χ0) is 18.4. The van der Waals surface area contributed by atoms with Crippen LogP contribution >= 0.6 is 0 Å². The Bertz CT molecular complexity index is 1050. The van der Waals surface area contributed by atoms with Crippen LogP contribution < -0.4 is 5.73 Å². The second-order valence-corrected chi connectivity index (χ2v) is 6.25. The van der Waals surface area contributed by atoms with Crippen LogP contribution in [0.5, 0.6) is 0 Å². The molecule has 1 amide bonds. The van der Waals surface area contributed by atoms with Gasteiger partial charge in [-0.3, -0.25) is 4.79 Å². The van der Waals surface area contributed by atoms with Gasteiger partial charge in [0, 0.05) is 23.1 Å². The van der Waals surface area contributed by atoms with Crippen LogP contribution in [0.2, 0.25) is 0 Å². The highest BCUT2D eigenvalue weighted by atomic mass is 19.1. The average molecular weight is 354 g/mol. The Kier molecular flexibility index (Phi) is 3.79. The van der Waals surface area contributed by atoms with Gasteiger partial charge >= 0.3 is 0 Å². The van der Waals surface area contributed by atoms with E-state index in [-0.39, 0.29) is 11.5 Å². The van der Waals surface area contributed by atoms with E-state index in [1.54, 1.807) is 23.1 Å². The normalized spacial score (nSPS) is 13.5. The molecule has 0 saturated heterocycles. The van der Waals surface area contributed by atoms with Gasteiger partial charge in [-0.15, -0.1) is 0 Å². The van der Waals surface area contributed by atoms with Crippen molar-refractivity contribution in [3.8, 4) is 11.1 Å². The predicted octanol–water partition coefficient (Wildman–Crippen LogP) is 3.52. The summed E-state index contributed by atoms with van der Waals surface area (Å²) in [5, 5.41) is 0.566. The van der Waals surface area contributed by atoms with Crippen molar-refractivity contribution in [1.29, 1.82) is 0 Å². The minimum Gasteiger partial charge on any atom is -0.397 e. The summed E-state index contributed by atoms with van der Waals surface area (Å²) in [6.45, 7) is 2.99. The lowest BCUT2D eigenvalue weighted by Crippen LogP contribution is -2.24. The highest BCUT2D eigenvalue weighted by Gasteiger charge is 2.32. The van der Waals surface area contributed by atoms with E-state index in [2.05, 4.69) is 9.97 Å². The molecular formula is C19H16F2N4O. The molecule has 1 aliphatic heterocycles. The molecule has 0 spiro atoms. The van der Waals surface area contributed by atoms with Gasteiger partial charge in [0.1, 0.15) is 0 Å². The number of nitrogen functional groups attached to an aromatic ring is 1.